The maximum absolute atomic E-state index is 11.4. The Hall–Kier alpha value is -3.85. The number of benzene rings is 2. The smallest absolute Gasteiger partial charge is 0.337 e. The van der Waals surface area contributed by atoms with E-state index in [2.05, 4.69) is 39.5 Å². The second kappa shape index (κ2) is 8.88. The molecule has 0 saturated carbocycles. The van der Waals surface area contributed by atoms with Crippen molar-refractivity contribution >= 4 is 23.0 Å². The van der Waals surface area contributed by atoms with Crippen LogP contribution in [0.3, 0.4) is 0 Å². The molecule has 156 valence electrons. The van der Waals surface area contributed by atoms with E-state index in [1.165, 1.54) is 23.4 Å². The van der Waals surface area contributed by atoms with Gasteiger partial charge >= 0.3 is 5.97 Å². The summed E-state index contributed by atoms with van der Waals surface area (Å²) in [6.45, 7) is 0.670. The molecule has 1 aliphatic rings. The summed E-state index contributed by atoms with van der Waals surface area (Å²) < 4.78 is 0. The fourth-order valence-corrected chi connectivity index (χ4v) is 4.19. The van der Waals surface area contributed by atoms with Crippen molar-refractivity contribution in [1.29, 1.82) is 5.26 Å². The van der Waals surface area contributed by atoms with Crippen LogP contribution in [0.25, 0.3) is 0 Å². The van der Waals surface area contributed by atoms with E-state index in [4.69, 9.17) is 5.26 Å². The molecule has 6 nitrogen and oxygen atoms in total. The summed E-state index contributed by atoms with van der Waals surface area (Å²) in [4.78, 5) is 17.6. The number of fused-ring (bicyclic) bond motifs is 1. The Morgan fingerprint density at radius 3 is 2.74 bits per heavy atom. The molecule has 1 unspecified atom stereocenters. The van der Waals surface area contributed by atoms with Gasteiger partial charge in [0.1, 0.15) is 0 Å². The third-order valence-corrected chi connectivity index (χ3v) is 5.93. The first-order valence-electron chi connectivity index (χ1n) is 10.3. The number of nitrogens with one attached hydrogen (secondary N) is 1. The van der Waals surface area contributed by atoms with Gasteiger partial charge in [-0.25, -0.2) is 4.79 Å². The number of carbonyl (C=O) groups is 1. The standard InChI is InChI=1S/C25H24N4O2/c1-29(20-7-5-17(14-26)6-8-20)21-9-10-22-18(13-21)3-2-4-19(22)15-28-24-16-27-12-11-23(24)25(30)31/h5-13,16,19,28H,2-4,15H2,1H3,(H,30,31). The van der Waals surface area contributed by atoms with Gasteiger partial charge in [0.25, 0.3) is 0 Å². The van der Waals surface area contributed by atoms with E-state index < -0.39 is 5.97 Å². The Morgan fingerprint density at radius 1 is 1.23 bits per heavy atom. The molecular formula is C25H24N4O2. The molecule has 0 amide bonds. The first-order chi connectivity index (χ1) is 15.1. The Labute approximate surface area is 181 Å². The van der Waals surface area contributed by atoms with Crippen molar-refractivity contribution in [3.8, 4) is 6.07 Å². The minimum atomic E-state index is -0.954. The molecule has 1 aromatic heterocycles. The molecule has 0 saturated heterocycles. The van der Waals surface area contributed by atoms with Gasteiger partial charge in [0.15, 0.2) is 0 Å². The Bertz CT molecular complexity index is 1140. The molecule has 2 N–H and O–H groups in total. The monoisotopic (exact) mass is 412 g/mol. The van der Waals surface area contributed by atoms with Crippen molar-refractivity contribution in [1.82, 2.24) is 4.98 Å². The predicted molar refractivity (Wildman–Crippen MR) is 121 cm³/mol. The minimum absolute atomic E-state index is 0.241. The van der Waals surface area contributed by atoms with Crippen LogP contribution in [0.4, 0.5) is 17.1 Å². The van der Waals surface area contributed by atoms with E-state index in [0.29, 0.717) is 23.7 Å². The zero-order valence-electron chi connectivity index (χ0n) is 17.4. The van der Waals surface area contributed by atoms with Crippen molar-refractivity contribution in [2.75, 3.05) is 23.8 Å². The largest absolute Gasteiger partial charge is 0.478 e. The highest BCUT2D eigenvalue weighted by atomic mass is 16.4. The highest BCUT2D eigenvalue weighted by molar-refractivity contribution is 5.93. The van der Waals surface area contributed by atoms with Crippen LogP contribution in [0.1, 0.15) is 45.8 Å². The van der Waals surface area contributed by atoms with Gasteiger partial charge in [-0.05, 0) is 72.9 Å². The quantitative estimate of drug-likeness (QED) is 0.595. The average molecular weight is 412 g/mol. The Kier molecular flexibility index (Phi) is 5.85. The van der Waals surface area contributed by atoms with E-state index >= 15 is 0 Å². The molecule has 1 aliphatic carbocycles. The number of hydrogen-bond acceptors (Lipinski definition) is 5. The molecule has 0 spiro atoms. The van der Waals surface area contributed by atoms with Crippen molar-refractivity contribution in [2.24, 2.45) is 0 Å². The Balaban J connectivity index is 1.52. The summed E-state index contributed by atoms with van der Waals surface area (Å²) in [5.74, 6) is -0.635. The molecule has 0 fully saturated rings. The number of aromatic carboxylic acids is 1. The van der Waals surface area contributed by atoms with E-state index in [-0.39, 0.29) is 5.56 Å². The lowest BCUT2D eigenvalue weighted by Crippen LogP contribution is -2.20. The number of pyridine rings is 1. The fraction of sp³-hybridized carbons (Fsp3) is 0.240. The summed E-state index contributed by atoms with van der Waals surface area (Å²) in [5.41, 5.74) is 6.24. The van der Waals surface area contributed by atoms with Crippen molar-refractivity contribution in [3.05, 3.63) is 83.2 Å². The van der Waals surface area contributed by atoms with Crippen molar-refractivity contribution in [2.45, 2.75) is 25.2 Å². The number of carboxylic acid groups (broad SMARTS) is 1. The van der Waals surface area contributed by atoms with Gasteiger partial charge in [-0.1, -0.05) is 6.07 Å². The van der Waals surface area contributed by atoms with E-state index in [1.54, 1.807) is 6.20 Å². The lowest BCUT2D eigenvalue weighted by atomic mass is 9.82. The number of hydrogen-bond donors (Lipinski definition) is 2. The van der Waals surface area contributed by atoms with Crippen LogP contribution in [0.2, 0.25) is 0 Å². The molecule has 4 rings (SSSR count). The molecule has 0 bridgehead atoms. The van der Waals surface area contributed by atoms with Crippen LogP contribution in [0.5, 0.6) is 0 Å². The molecule has 1 atom stereocenters. The predicted octanol–water partition coefficient (Wildman–Crippen LogP) is 4.95. The van der Waals surface area contributed by atoms with Crippen molar-refractivity contribution in [3.63, 3.8) is 0 Å². The number of carboxylic acids is 1. The molecule has 0 radical (unpaired) electrons. The highest BCUT2D eigenvalue weighted by Crippen LogP contribution is 2.35. The third-order valence-electron chi connectivity index (χ3n) is 5.93. The van der Waals surface area contributed by atoms with Gasteiger partial charge < -0.3 is 15.3 Å². The number of aryl methyl sites for hydroxylation is 1. The lowest BCUT2D eigenvalue weighted by molar-refractivity contribution is 0.0697. The van der Waals surface area contributed by atoms with Gasteiger partial charge in [0.2, 0.25) is 0 Å². The van der Waals surface area contributed by atoms with Crippen LogP contribution < -0.4 is 10.2 Å². The molecule has 3 aromatic rings. The molecule has 1 heterocycles. The number of aromatic nitrogens is 1. The van der Waals surface area contributed by atoms with Gasteiger partial charge in [-0.2, -0.15) is 5.26 Å². The molecular weight excluding hydrogens is 388 g/mol. The SMILES string of the molecule is CN(c1ccc(C#N)cc1)c1ccc2c(c1)CCCC2CNc1cnccc1C(=O)O. The molecule has 31 heavy (non-hydrogen) atoms. The maximum atomic E-state index is 11.4. The maximum Gasteiger partial charge on any atom is 0.337 e. The summed E-state index contributed by atoms with van der Waals surface area (Å²) >= 11 is 0. The zero-order valence-corrected chi connectivity index (χ0v) is 17.4. The molecule has 2 aromatic carbocycles. The number of anilines is 3. The summed E-state index contributed by atoms with van der Waals surface area (Å²) in [6, 6.07) is 17.8. The minimum Gasteiger partial charge on any atom is -0.478 e. The third kappa shape index (κ3) is 4.36. The van der Waals surface area contributed by atoms with Gasteiger partial charge in [-0.3, -0.25) is 4.98 Å². The van der Waals surface area contributed by atoms with Crippen LogP contribution in [0, 0.1) is 11.3 Å². The fourth-order valence-electron chi connectivity index (χ4n) is 4.19. The van der Waals surface area contributed by atoms with E-state index in [9.17, 15) is 9.90 Å². The van der Waals surface area contributed by atoms with E-state index in [0.717, 1.165) is 30.6 Å². The second-order valence-corrected chi connectivity index (χ2v) is 7.80. The first kappa shape index (κ1) is 20.4. The van der Waals surface area contributed by atoms with Gasteiger partial charge in [0.05, 0.1) is 29.1 Å². The number of rotatable bonds is 6. The molecule has 6 heteroatoms. The molecule has 0 aliphatic heterocycles. The lowest BCUT2D eigenvalue weighted by Gasteiger charge is -2.28. The van der Waals surface area contributed by atoms with E-state index in [1.807, 2.05) is 31.3 Å². The number of nitrogens with zero attached hydrogens (tertiary/aromatic N) is 3. The van der Waals surface area contributed by atoms with Gasteiger partial charge in [0, 0.05) is 37.1 Å². The zero-order chi connectivity index (χ0) is 21.8. The van der Waals surface area contributed by atoms with Crippen LogP contribution in [-0.4, -0.2) is 29.7 Å². The van der Waals surface area contributed by atoms with Crippen LogP contribution in [-0.2, 0) is 6.42 Å². The van der Waals surface area contributed by atoms with Crippen LogP contribution in [0.15, 0.2) is 60.9 Å². The summed E-state index contributed by atoms with van der Waals surface area (Å²) in [6.07, 6.45) is 6.27. The summed E-state index contributed by atoms with van der Waals surface area (Å²) in [7, 11) is 2.03. The average Bonchev–Trinajstić information content (AvgIpc) is 2.82. The van der Waals surface area contributed by atoms with Crippen molar-refractivity contribution < 1.29 is 9.90 Å². The normalized spacial score (nSPS) is 14.9. The topological polar surface area (TPSA) is 89.3 Å². The summed E-state index contributed by atoms with van der Waals surface area (Å²) in [5, 5.41) is 21.7. The number of nitriles is 1. The van der Waals surface area contributed by atoms with Crippen LogP contribution >= 0.6 is 0 Å². The highest BCUT2D eigenvalue weighted by Gasteiger charge is 2.22. The first-order valence-corrected chi connectivity index (χ1v) is 10.3. The van der Waals surface area contributed by atoms with Gasteiger partial charge in [-0.15, -0.1) is 0 Å². The Morgan fingerprint density at radius 2 is 2.00 bits per heavy atom. The second-order valence-electron chi connectivity index (χ2n) is 7.80.